The molecule has 2 aromatic rings. The van der Waals surface area contributed by atoms with Crippen LogP contribution in [-0.2, 0) is 9.47 Å². The third-order valence-electron chi connectivity index (χ3n) is 3.29. The number of carbonyl (C=O) groups excluding carboxylic acids is 1. The second-order valence-electron chi connectivity index (χ2n) is 4.38. The number of anilines is 1. The van der Waals surface area contributed by atoms with E-state index in [1.54, 1.807) is 6.33 Å². The molecule has 0 saturated carbocycles. The molecule has 100 valence electrons. The molecule has 0 spiro atoms. The smallest absolute Gasteiger partial charge is 0.340 e. The van der Waals surface area contributed by atoms with Crippen molar-refractivity contribution in [2.75, 3.05) is 38.3 Å². The van der Waals surface area contributed by atoms with Gasteiger partial charge in [-0.25, -0.2) is 9.78 Å². The highest BCUT2D eigenvalue weighted by Gasteiger charge is 2.18. The van der Waals surface area contributed by atoms with E-state index in [4.69, 9.17) is 9.47 Å². The lowest BCUT2D eigenvalue weighted by Crippen LogP contribution is -2.36. The molecule has 0 bridgehead atoms. The maximum Gasteiger partial charge on any atom is 0.340 e. The van der Waals surface area contributed by atoms with Gasteiger partial charge in [-0.15, -0.1) is 0 Å². The van der Waals surface area contributed by atoms with Gasteiger partial charge in [-0.3, -0.25) is 0 Å². The Morgan fingerprint density at radius 2 is 2.21 bits per heavy atom. The molecule has 0 aliphatic carbocycles. The van der Waals surface area contributed by atoms with Crippen molar-refractivity contribution >= 4 is 22.7 Å². The van der Waals surface area contributed by atoms with Crippen molar-refractivity contribution < 1.29 is 14.3 Å². The van der Waals surface area contributed by atoms with Crippen LogP contribution in [0.25, 0.3) is 11.0 Å². The Labute approximate surface area is 110 Å². The molecule has 1 aliphatic heterocycles. The Morgan fingerprint density at radius 3 is 2.95 bits per heavy atom. The predicted octanol–water partition coefficient (Wildman–Crippen LogP) is 1.19. The van der Waals surface area contributed by atoms with E-state index in [0.29, 0.717) is 24.3 Å². The van der Waals surface area contributed by atoms with Gasteiger partial charge in [0, 0.05) is 18.8 Å². The van der Waals surface area contributed by atoms with Crippen LogP contribution in [0.5, 0.6) is 0 Å². The van der Waals surface area contributed by atoms with Gasteiger partial charge in [-0.05, 0) is 12.1 Å². The lowest BCUT2D eigenvalue weighted by molar-refractivity contribution is 0.0603. The summed E-state index contributed by atoms with van der Waals surface area (Å²) >= 11 is 0. The molecule has 1 saturated heterocycles. The number of esters is 1. The standard InChI is InChI=1S/C13H15N3O3/c1-18-13(17)10-6-9(16-2-4-19-5-3-16)7-11-12(10)15-8-14-11/h6-8H,2-5H2,1H3,(H,14,15). The lowest BCUT2D eigenvalue weighted by atomic mass is 10.1. The highest BCUT2D eigenvalue weighted by Crippen LogP contribution is 2.25. The summed E-state index contributed by atoms with van der Waals surface area (Å²) in [5.74, 6) is -0.368. The number of nitrogens with zero attached hydrogens (tertiary/aromatic N) is 2. The SMILES string of the molecule is COC(=O)c1cc(N2CCOCC2)cc2[nH]cnc12. The van der Waals surface area contributed by atoms with Gasteiger partial charge >= 0.3 is 5.97 Å². The quantitative estimate of drug-likeness (QED) is 0.822. The van der Waals surface area contributed by atoms with Crippen LogP contribution in [-0.4, -0.2) is 49.4 Å². The first-order valence-corrected chi connectivity index (χ1v) is 6.18. The number of imidazole rings is 1. The van der Waals surface area contributed by atoms with Gasteiger partial charge in [0.15, 0.2) is 0 Å². The van der Waals surface area contributed by atoms with Crippen LogP contribution in [0.2, 0.25) is 0 Å². The number of aromatic nitrogens is 2. The minimum atomic E-state index is -0.368. The normalized spacial score (nSPS) is 15.7. The number of methoxy groups -OCH3 is 1. The number of benzene rings is 1. The zero-order valence-corrected chi connectivity index (χ0v) is 10.7. The molecule has 1 N–H and O–H groups in total. The Morgan fingerprint density at radius 1 is 1.42 bits per heavy atom. The first-order valence-electron chi connectivity index (χ1n) is 6.18. The second kappa shape index (κ2) is 4.89. The second-order valence-corrected chi connectivity index (χ2v) is 4.38. The number of fused-ring (bicyclic) bond motifs is 1. The van der Waals surface area contributed by atoms with Gasteiger partial charge in [0.25, 0.3) is 0 Å². The minimum absolute atomic E-state index is 0.368. The molecule has 0 amide bonds. The number of morpholine rings is 1. The van der Waals surface area contributed by atoms with Crippen LogP contribution >= 0.6 is 0 Å². The summed E-state index contributed by atoms with van der Waals surface area (Å²) < 4.78 is 10.2. The molecular formula is C13H15N3O3. The number of rotatable bonds is 2. The first kappa shape index (κ1) is 12.0. The molecular weight excluding hydrogens is 246 g/mol. The molecule has 1 aliphatic rings. The van der Waals surface area contributed by atoms with Crippen molar-refractivity contribution in [3.63, 3.8) is 0 Å². The Hall–Kier alpha value is -2.08. The van der Waals surface area contributed by atoms with Gasteiger partial charge < -0.3 is 19.4 Å². The average Bonchev–Trinajstić information content (AvgIpc) is 2.94. The fraction of sp³-hybridized carbons (Fsp3) is 0.385. The maximum atomic E-state index is 11.8. The van der Waals surface area contributed by atoms with Crippen LogP contribution in [0.4, 0.5) is 5.69 Å². The van der Waals surface area contributed by atoms with E-state index >= 15 is 0 Å². The summed E-state index contributed by atoms with van der Waals surface area (Å²) in [5.41, 5.74) is 2.96. The third kappa shape index (κ3) is 2.15. The highest BCUT2D eigenvalue weighted by atomic mass is 16.5. The van der Waals surface area contributed by atoms with Gasteiger partial charge in [-0.1, -0.05) is 0 Å². The summed E-state index contributed by atoms with van der Waals surface area (Å²) in [7, 11) is 1.38. The molecule has 0 unspecified atom stereocenters. The highest BCUT2D eigenvalue weighted by molar-refractivity contribution is 6.03. The summed E-state index contributed by atoms with van der Waals surface area (Å²) in [6.45, 7) is 3.05. The molecule has 0 radical (unpaired) electrons. The summed E-state index contributed by atoms with van der Waals surface area (Å²) in [4.78, 5) is 21.2. The Bertz CT molecular complexity index is 602. The largest absolute Gasteiger partial charge is 0.465 e. The van der Waals surface area contributed by atoms with E-state index < -0.39 is 0 Å². The topological polar surface area (TPSA) is 67.4 Å². The number of aromatic amines is 1. The minimum Gasteiger partial charge on any atom is -0.465 e. The van der Waals surface area contributed by atoms with E-state index in [9.17, 15) is 4.79 Å². The van der Waals surface area contributed by atoms with E-state index in [2.05, 4.69) is 14.9 Å². The summed E-state index contributed by atoms with van der Waals surface area (Å²) in [6, 6.07) is 3.83. The zero-order chi connectivity index (χ0) is 13.2. The van der Waals surface area contributed by atoms with Gasteiger partial charge in [0.1, 0.15) is 5.52 Å². The van der Waals surface area contributed by atoms with Crippen molar-refractivity contribution in [2.24, 2.45) is 0 Å². The maximum absolute atomic E-state index is 11.8. The van der Waals surface area contributed by atoms with Crippen molar-refractivity contribution in [1.82, 2.24) is 9.97 Å². The van der Waals surface area contributed by atoms with Crippen molar-refractivity contribution in [3.8, 4) is 0 Å². The monoisotopic (exact) mass is 261 g/mol. The summed E-state index contributed by atoms with van der Waals surface area (Å²) in [6.07, 6.45) is 1.58. The fourth-order valence-corrected chi connectivity index (χ4v) is 2.30. The molecule has 1 aromatic heterocycles. The van der Waals surface area contributed by atoms with Crippen LogP contribution in [0, 0.1) is 0 Å². The van der Waals surface area contributed by atoms with Crippen LogP contribution < -0.4 is 4.90 Å². The number of hydrogen-bond donors (Lipinski definition) is 1. The fourth-order valence-electron chi connectivity index (χ4n) is 2.30. The number of H-pyrrole nitrogens is 1. The molecule has 3 rings (SSSR count). The molecule has 6 nitrogen and oxygen atoms in total. The number of ether oxygens (including phenoxy) is 2. The molecule has 0 atom stereocenters. The summed E-state index contributed by atoms with van der Waals surface area (Å²) in [5, 5.41) is 0. The van der Waals surface area contributed by atoms with Crippen LogP contribution in [0.3, 0.4) is 0 Å². The van der Waals surface area contributed by atoms with Gasteiger partial charge in [-0.2, -0.15) is 0 Å². The first-order chi connectivity index (χ1) is 9.29. The predicted molar refractivity (Wildman–Crippen MR) is 70.5 cm³/mol. The van der Waals surface area contributed by atoms with E-state index in [1.807, 2.05) is 12.1 Å². The molecule has 19 heavy (non-hydrogen) atoms. The average molecular weight is 261 g/mol. The Balaban J connectivity index is 2.07. The van der Waals surface area contributed by atoms with Crippen LogP contribution in [0.15, 0.2) is 18.5 Å². The van der Waals surface area contributed by atoms with E-state index in [-0.39, 0.29) is 5.97 Å². The lowest BCUT2D eigenvalue weighted by Gasteiger charge is -2.29. The van der Waals surface area contributed by atoms with Crippen molar-refractivity contribution in [1.29, 1.82) is 0 Å². The molecule has 1 fully saturated rings. The molecule has 1 aromatic carbocycles. The van der Waals surface area contributed by atoms with Gasteiger partial charge in [0.05, 0.1) is 37.7 Å². The van der Waals surface area contributed by atoms with Crippen molar-refractivity contribution in [3.05, 3.63) is 24.0 Å². The van der Waals surface area contributed by atoms with Crippen molar-refractivity contribution in [2.45, 2.75) is 0 Å². The Kier molecular flexibility index (Phi) is 3.08. The zero-order valence-electron chi connectivity index (χ0n) is 10.7. The molecule has 2 heterocycles. The third-order valence-corrected chi connectivity index (χ3v) is 3.29. The van der Waals surface area contributed by atoms with Crippen LogP contribution in [0.1, 0.15) is 10.4 Å². The molecule has 6 heteroatoms. The number of hydrogen-bond acceptors (Lipinski definition) is 5. The van der Waals surface area contributed by atoms with Gasteiger partial charge in [0.2, 0.25) is 0 Å². The van der Waals surface area contributed by atoms with E-state index in [0.717, 1.165) is 24.3 Å². The number of carbonyl (C=O) groups is 1. The van der Waals surface area contributed by atoms with E-state index in [1.165, 1.54) is 7.11 Å². The number of nitrogens with one attached hydrogen (secondary N) is 1.